The number of rotatable bonds is 22. The Morgan fingerprint density at radius 2 is 1.34 bits per heavy atom. The molecule has 38 heavy (non-hydrogen) atoms. The van der Waals surface area contributed by atoms with Crippen molar-refractivity contribution in [2.45, 2.75) is 134 Å². The van der Waals surface area contributed by atoms with Crippen LogP contribution in [0.5, 0.6) is 0 Å². The molecule has 0 unspecified atom stereocenters. The van der Waals surface area contributed by atoms with E-state index in [9.17, 15) is 28.5 Å². The van der Waals surface area contributed by atoms with Gasteiger partial charge in [0.05, 0.1) is 6.61 Å². The zero-order valence-electron chi connectivity index (χ0n) is 23.0. The predicted octanol–water partition coefficient (Wildman–Crippen LogP) is 2.74. The Labute approximate surface area is 227 Å². The van der Waals surface area contributed by atoms with Gasteiger partial charge in [-0.25, -0.2) is 0 Å². The van der Waals surface area contributed by atoms with Gasteiger partial charge in [-0.3, -0.25) is 9.35 Å². The third-order valence-corrected chi connectivity index (χ3v) is 7.49. The van der Waals surface area contributed by atoms with Gasteiger partial charge in [0, 0.05) is 13.5 Å². The summed E-state index contributed by atoms with van der Waals surface area (Å²) in [5, 5.41) is 29.9. The Bertz CT molecular complexity index is 718. The first-order valence-electron chi connectivity index (χ1n) is 14.0. The maximum absolute atomic E-state index is 12.1. The van der Waals surface area contributed by atoms with Crippen molar-refractivity contribution >= 4 is 16.1 Å². The van der Waals surface area contributed by atoms with E-state index in [4.69, 9.17) is 23.5 Å². The summed E-state index contributed by atoms with van der Waals surface area (Å²) in [5.74, 6) is -1.33. The van der Waals surface area contributed by atoms with Crippen LogP contribution in [-0.2, 0) is 33.9 Å². The van der Waals surface area contributed by atoms with E-state index in [1.807, 2.05) is 0 Å². The van der Waals surface area contributed by atoms with E-state index in [0.717, 1.165) is 19.3 Å². The lowest BCUT2D eigenvalue weighted by Gasteiger charge is -2.40. The molecule has 0 aromatic heterocycles. The largest absolute Gasteiger partial charge is 0.463 e. The average Bonchev–Trinajstić information content (AvgIpc) is 2.87. The van der Waals surface area contributed by atoms with Crippen LogP contribution in [0.2, 0.25) is 0 Å². The first kappa shape index (κ1) is 35.2. The zero-order chi connectivity index (χ0) is 28.4. The second-order valence-corrected chi connectivity index (χ2v) is 11.6. The van der Waals surface area contributed by atoms with Crippen molar-refractivity contribution in [3.63, 3.8) is 0 Å². The molecule has 0 bridgehead atoms. The molecule has 12 heteroatoms. The van der Waals surface area contributed by atoms with Crippen LogP contribution in [0.25, 0.3) is 0 Å². The second kappa shape index (κ2) is 20.1. The van der Waals surface area contributed by atoms with Gasteiger partial charge >= 0.3 is 5.97 Å². The third kappa shape index (κ3) is 15.7. The van der Waals surface area contributed by atoms with Crippen molar-refractivity contribution in [2.75, 3.05) is 26.1 Å². The topological polar surface area (TPSA) is 169 Å². The maximum Gasteiger partial charge on any atom is 0.305 e. The molecule has 1 saturated heterocycles. The molecule has 0 saturated carbocycles. The van der Waals surface area contributed by atoms with Gasteiger partial charge in [-0.2, -0.15) is 8.42 Å². The Kier molecular flexibility index (Phi) is 18.6. The Morgan fingerprint density at radius 1 is 0.816 bits per heavy atom. The van der Waals surface area contributed by atoms with Gasteiger partial charge in [0.25, 0.3) is 10.1 Å². The van der Waals surface area contributed by atoms with Gasteiger partial charge in [0.2, 0.25) is 0 Å². The summed E-state index contributed by atoms with van der Waals surface area (Å²) < 4.78 is 52.3. The quantitative estimate of drug-likeness (QED) is 0.0857. The number of aliphatic hydroxyl groups is 3. The van der Waals surface area contributed by atoms with Crippen molar-refractivity contribution in [2.24, 2.45) is 0 Å². The smallest absolute Gasteiger partial charge is 0.305 e. The van der Waals surface area contributed by atoms with Crippen LogP contribution in [0.15, 0.2) is 0 Å². The van der Waals surface area contributed by atoms with E-state index in [1.165, 1.54) is 71.3 Å². The van der Waals surface area contributed by atoms with Crippen LogP contribution in [-0.4, -0.2) is 97.1 Å². The summed E-state index contributed by atoms with van der Waals surface area (Å²) in [5.41, 5.74) is 0. The number of unbranched alkanes of at least 4 members (excludes halogenated alkanes) is 12. The highest BCUT2D eigenvalue weighted by atomic mass is 32.2. The lowest BCUT2D eigenvalue weighted by atomic mass is 10.00. The number of carbonyl (C=O) groups is 1. The minimum atomic E-state index is -4.51. The van der Waals surface area contributed by atoms with Crippen LogP contribution in [0.4, 0.5) is 0 Å². The molecule has 1 aliphatic rings. The molecular weight excluding hydrogens is 520 g/mol. The molecule has 0 radical (unpaired) electrons. The van der Waals surface area contributed by atoms with E-state index >= 15 is 0 Å². The molecule has 1 rings (SSSR count). The summed E-state index contributed by atoms with van der Waals surface area (Å²) in [6.45, 7) is 1.93. The number of hydrogen-bond acceptors (Lipinski definition) is 10. The van der Waals surface area contributed by atoms with Crippen molar-refractivity contribution in [3.05, 3.63) is 0 Å². The Hall–Kier alpha value is -0.860. The van der Waals surface area contributed by atoms with Gasteiger partial charge < -0.3 is 34.3 Å². The van der Waals surface area contributed by atoms with Gasteiger partial charge in [-0.1, -0.05) is 84.0 Å². The average molecular weight is 571 g/mol. The zero-order valence-corrected chi connectivity index (χ0v) is 23.9. The number of hydrogen-bond donors (Lipinski definition) is 4. The number of esters is 1. The minimum absolute atomic E-state index is 0.101. The molecular formula is C26H50O11S. The summed E-state index contributed by atoms with van der Waals surface area (Å²) >= 11 is 0. The van der Waals surface area contributed by atoms with Crippen LogP contribution in [0.3, 0.4) is 0 Å². The summed E-state index contributed by atoms with van der Waals surface area (Å²) in [4.78, 5) is 12.1. The van der Waals surface area contributed by atoms with Gasteiger partial charge in [-0.15, -0.1) is 0 Å². The highest BCUT2D eigenvalue weighted by Gasteiger charge is 2.45. The van der Waals surface area contributed by atoms with E-state index in [1.54, 1.807) is 0 Å². The van der Waals surface area contributed by atoms with Crippen LogP contribution in [0.1, 0.15) is 96.8 Å². The van der Waals surface area contributed by atoms with Crippen LogP contribution < -0.4 is 0 Å². The van der Waals surface area contributed by atoms with Crippen LogP contribution >= 0.6 is 0 Å². The summed E-state index contributed by atoms with van der Waals surface area (Å²) in [7, 11) is -3.13. The van der Waals surface area contributed by atoms with Crippen LogP contribution in [0, 0.1) is 0 Å². The molecule has 1 aliphatic heterocycles. The fraction of sp³-hybridized carbons (Fsp3) is 0.962. The molecule has 0 aromatic rings. The molecule has 11 nitrogen and oxygen atoms in total. The Morgan fingerprint density at radius 3 is 1.84 bits per heavy atom. The highest BCUT2D eigenvalue weighted by Crippen LogP contribution is 2.23. The van der Waals surface area contributed by atoms with Gasteiger partial charge in [0.15, 0.2) is 6.29 Å². The van der Waals surface area contributed by atoms with E-state index < -0.39 is 52.7 Å². The van der Waals surface area contributed by atoms with Gasteiger partial charge in [-0.05, 0) is 6.42 Å². The summed E-state index contributed by atoms with van der Waals surface area (Å²) in [6.07, 6.45) is 7.30. The number of methoxy groups -OCH3 is 1. The van der Waals surface area contributed by atoms with E-state index in [-0.39, 0.29) is 19.2 Å². The lowest BCUT2D eigenvalue weighted by Crippen LogP contribution is -2.60. The SMILES string of the molecule is CCCCCCCCCCCCCCCC(=O)OC[C@H](CO[C@@H]1O[C@H](CS(=O)(=O)O)[C@@H](O)[C@H](O)[C@H]1O)OC. The van der Waals surface area contributed by atoms with Crippen molar-refractivity contribution in [1.82, 2.24) is 0 Å². The molecule has 0 spiro atoms. The molecule has 0 aliphatic carbocycles. The normalized spacial score (nSPS) is 24.8. The van der Waals surface area contributed by atoms with E-state index in [2.05, 4.69) is 6.92 Å². The molecule has 0 aromatic carbocycles. The first-order chi connectivity index (χ1) is 18.1. The molecule has 6 atom stereocenters. The monoisotopic (exact) mass is 570 g/mol. The standard InChI is InChI=1S/C26H50O11S/c1-3-4-5-6-7-8-9-10-11-12-13-14-15-16-22(27)35-17-20(34-2)18-36-26-25(30)24(29)23(28)21(37-26)19-38(31,32)33/h20-21,23-26,28-30H,3-19H2,1-2H3,(H,31,32,33)/t20-,21-,23-,24+,25-,26-/m1/s1. The number of aliphatic hydroxyl groups excluding tert-OH is 3. The molecule has 0 amide bonds. The highest BCUT2D eigenvalue weighted by molar-refractivity contribution is 7.85. The molecule has 1 fully saturated rings. The minimum Gasteiger partial charge on any atom is -0.463 e. The number of carbonyl (C=O) groups excluding carboxylic acids is 1. The van der Waals surface area contributed by atoms with Crippen molar-refractivity contribution in [3.8, 4) is 0 Å². The van der Waals surface area contributed by atoms with Crippen molar-refractivity contribution < 1.29 is 52.0 Å². The third-order valence-electron chi connectivity index (χ3n) is 6.74. The fourth-order valence-corrected chi connectivity index (χ4v) is 5.02. The molecule has 4 N–H and O–H groups in total. The Balaban J connectivity index is 2.17. The first-order valence-corrected chi connectivity index (χ1v) is 15.6. The predicted molar refractivity (Wildman–Crippen MR) is 141 cm³/mol. The van der Waals surface area contributed by atoms with E-state index in [0.29, 0.717) is 6.42 Å². The summed E-state index contributed by atoms with van der Waals surface area (Å²) in [6, 6.07) is 0. The molecule has 1 heterocycles. The maximum atomic E-state index is 12.1. The molecule has 226 valence electrons. The lowest BCUT2D eigenvalue weighted by molar-refractivity contribution is -0.297. The second-order valence-electron chi connectivity index (χ2n) is 10.1. The van der Waals surface area contributed by atoms with Gasteiger partial charge in [0.1, 0.15) is 42.9 Å². The number of ether oxygens (including phenoxy) is 4. The van der Waals surface area contributed by atoms with Crippen molar-refractivity contribution in [1.29, 1.82) is 0 Å². The fourth-order valence-electron chi connectivity index (χ4n) is 4.33.